The number of thiazole rings is 1. The summed E-state index contributed by atoms with van der Waals surface area (Å²) in [6.07, 6.45) is 0.0518. The van der Waals surface area contributed by atoms with Gasteiger partial charge in [-0.3, -0.25) is 14.4 Å². The molecule has 1 fully saturated rings. The standard InChI is InChI=1S/C22H21ClN4O5S/c1-11(28)24-13-4-5-15-19(7-13)33-22(25-15)26-21(30)12-6-20(29)27(10-12)16-8-14(23)17(31-2)9-18(16)32-3/h4-5,7-9,12H,6,10H2,1-3H3,(H,24,28)(H,25,26,30)/t12-/m1/s1. The lowest BCUT2D eigenvalue weighted by atomic mass is 10.1. The highest BCUT2D eigenvalue weighted by molar-refractivity contribution is 7.22. The van der Waals surface area contributed by atoms with Crippen molar-refractivity contribution in [1.82, 2.24) is 4.98 Å². The van der Waals surface area contributed by atoms with Gasteiger partial charge in [-0.1, -0.05) is 22.9 Å². The molecule has 0 bridgehead atoms. The fourth-order valence-corrected chi connectivity index (χ4v) is 4.78. The monoisotopic (exact) mass is 488 g/mol. The number of nitrogens with one attached hydrogen (secondary N) is 2. The molecule has 3 amide bonds. The van der Waals surface area contributed by atoms with E-state index in [9.17, 15) is 14.4 Å². The smallest absolute Gasteiger partial charge is 0.231 e. The number of hydrogen-bond acceptors (Lipinski definition) is 7. The molecule has 0 radical (unpaired) electrons. The third-order valence-electron chi connectivity index (χ3n) is 5.18. The largest absolute Gasteiger partial charge is 0.495 e. The summed E-state index contributed by atoms with van der Waals surface area (Å²) in [7, 11) is 2.98. The minimum absolute atomic E-state index is 0.0518. The quantitative estimate of drug-likeness (QED) is 0.544. The second kappa shape index (κ2) is 9.24. The fourth-order valence-electron chi connectivity index (χ4n) is 3.64. The van der Waals surface area contributed by atoms with Crippen molar-refractivity contribution < 1.29 is 23.9 Å². The summed E-state index contributed by atoms with van der Waals surface area (Å²) in [4.78, 5) is 42.8. The van der Waals surface area contributed by atoms with Gasteiger partial charge < -0.3 is 25.0 Å². The fraction of sp³-hybridized carbons (Fsp3) is 0.273. The first-order valence-electron chi connectivity index (χ1n) is 10.00. The van der Waals surface area contributed by atoms with E-state index >= 15 is 0 Å². The van der Waals surface area contributed by atoms with E-state index in [1.54, 1.807) is 30.3 Å². The molecule has 2 aromatic carbocycles. The topological polar surface area (TPSA) is 110 Å². The van der Waals surface area contributed by atoms with Crippen LogP contribution in [0, 0.1) is 5.92 Å². The second-order valence-electron chi connectivity index (χ2n) is 7.44. The van der Waals surface area contributed by atoms with E-state index in [0.29, 0.717) is 38.5 Å². The highest BCUT2D eigenvalue weighted by Crippen LogP contribution is 2.40. The number of rotatable bonds is 6. The molecule has 1 aliphatic heterocycles. The van der Waals surface area contributed by atoms with E-state index in [-0.39, 0.29) is 30.7 Å². The van der Waals surface area contributed by atoms with Crippen molar-refractivity contribution >= 4 is 67.4 Å². The Hall–Kier alpha value is -3.37. The molecular formula is C22H21ClN4O5S. The lowest BCUT2D eigenvalue weighted by molar-refractivity contribution is -0.122. The van der Waals surface area contributed by atoms with E-state index < -0.39 is 5.92 Å². The van der Waals surface area contributed by atoms with E-state index in [4.69, 9.17) is 21.1 Å². The number of methoxy groups -OCH3 is 2. The highest BCUT2D eigenvalue weighted by atomic mass is 35.5. The Morgan fingerprint density at radius 3 is 2.61 bits per heavy atom. The Kier molecular flexibility index (Phi) is 6.39. The van der Waals surface area contributed by atoms with Crippen molar-refractivity contribution in [3.05, 3.63) is 35.4 Å². The van der Waals surface area contributed by atoms with Gasteiger partial charge in [0, 0.05) is 31.6 Å². The number of carbonyl (C=O) groups excluding carboxylic acids is 3. The normalized spacial score (nSPS) is 15.6. The van der Waals surface area contributed by atoms with Gasteiger partial charge in [-0.15, -0.1) is 0 Å². The molecule has 1 aromatic heterocycles. The summed E-state index contributed by atoms with van der Waals surface area (Å²) < 4.78 is 11.4. The van der Waals surface area contributed by atoms with Gasteiger partial charge in [-0.05, 0) is 24.3 Å². The van der Waals surface area contributed by atoms with Crippen LogP contribution in [0.2, 0.25) is 5.02 Å². The Labute approximate surface area is 198 Å². The summed E-state index contributed by atoms with van der Waals surface area (Å²) in [5.41, 5.74) is 1.83. The molecule has 2 N–H and O–H groups in total. The van der Waals surface area contributed by atoms with Crippen LogP contribution in [-0.4, -0.2) is 43.5 Å². The summed E-state index contributed by atoms with van der Waals surface area (Å²) >= 11 is 7.53. The van der Waals surface area contributed by atoms with Gasteiger partial charge in [0.15, 0.2) is 5.13 Å². The van der Waals surface area contributed by atoms with E-state index in [0.717, 1.165) is 4.70 Å². The van der Waals surface area contributed by atoms with Crippen LogP contribution in [0.4, 0.5) is 16.5 Å². The molecule has 0 spiro atoms. The minimum Gasteiger partial charge on any atom is -0.495 e. The van der Waals surface area contributed by atoms with Crippen molar-refractivity contribution in [2.24, 2.45) is 5.92 Å². The van der Waals surface area contributed by atoms with Crippen LogP contribution in [0.25, 0.3) is 10.2 Å². The Balaban J connectivity index is 1.50. The molecule has 9 nitrogen and oxygen atoms in total. The number of hydrogen-bond donors (Lipinski definition) is 2. The third kappa shape index (κ3) is 4.71. The van der Waals surface area contributed by atoms with Crippen LogP contribution in [0.5, 0.6) is 11.5 Å². The van der Waals surface area contributed by atoms with Gasteiger partial charge in [0.25, 0.3) is 0 Å². The Morgan fingerprint density at radius 1 is 1.15 bits per heavy atom. The predicted octanol–water partition coefficient (Wildman–Crippen LogP) is 3.92. The minimum atomic E-state index is -0.565. The summed E-state index contributed by atoms with van der Waals surface area (Å²) in [5, 5.41) is 6.29. The van der Waals surface area contributed by atoms with E-state index in [1.807, 2.05) is 0 Å². The molecule has 1 aliphatic rings. The number of carbonyl (C=O) groups is 3. The lowest BCUT2D eigenvalue weighted by Gasteiger charge is -2.20. The molecule has 1 saturated heterocycles. The van der Waals surface area contributed by atoms with Gasteiger partial charge in [-0.25, -0.2) is 4.98 Å². The van der Waals surface area contributed by atoms with Crippen LogP contribution in [0.1, 0.15) is 13.3 Å². The van der Waals surface area contributed by atoms with Crippen LogP contribution < -0.4 is 25.0 Å². The van der Waals surface area contributed by atoms with Gasteiger partial charge in [0.1, 0.15) is 11.5 Å². The zero-order chi connectivity index (χ0) is 23.7. The molecule has 0 saturated carbocycles. The molecule has 0 unspecified atom stereocenters. The molecule has 2 heterocycles. The maximum Gasteiger partial charge on any atom is 0.231 e. The van der Waals surface area contributed by atoms with Crippen LogP contribution in [0.3, 0.4) is 0 Å². The predicted molar refractivity (Wildman–Crippen MR) is 128 cm³/mol. The maximum atomic E-state index is 12.9. The van der Waals surface area contributed by atoms with Crippen LogP contribution >= 0.6 is 22.9 Å². The van der Waals surface area contributed by atoms with Crippen molar-refractivity contribution in [2.45, 2.75) is 13.3 Å². The average molecular weight is 489 g/mol. The van der Waals surface area contributed by atoms with Crippen molar-refractivity contribution in [3.8, 4) is 11.5 Å². The summed E-state index contributed by atoms with van der Waals surface area (Å²) in [6, 6.07) is 8.51. The number of aromatic nitrogens is 1. The van der Waals surface area contributed by atoms with Crippen molar-refractivity contribution in [2.75, 3.05) is 36.3 Å². The molecule has 0 aliphatic carbocycles. The molecular weight excluding hydrogens is 468 g/mol. The zero-order valence-corrected chi connectivity index (χ0v) is 19.7. The molecule has 172 valence electrons. The van der Waals surface area contributed by atoms with Gasteiger partial charge in [0.05, 0.1) is 41.1 Å². The summed E-state index contributed by atoms with van der Waals surface area (Å²) in [6.45, 7) is 1.62. The first kappa shape index (κ1) is 22.8. The lowest BCUT2D eigenvalue weighted by Crippen LogP contribution is -2.28. The van der Waals surface area contributed by atoms with Crippen molar-refractivity contribution in [3.63, 3.8) is 0 Å². The summed E-state index contributed by atoms with van der Waals surface area (Å²) in [5.74, 6) is -0.394. The Morgan fingerprint density at radius 2 is 1.91 bits per heavy atom. The zero-order valence-electron chi connectivity index (χ0n) is 18.1. The van der Waals surface area contributed by atoms with E-state index in [1.165, 1.54) is 37.4 Å². The first-order valence-corrected chi connectivity index (χ1v) is 11.2. The number of amides is 3. The van der Waals surface area contributed by atoms with Crippen molar-refractivity contribution in [1.29, 1.82) is 0 Å². The van der Waals surface area contributed by atoms with Crippen LogP contribution in [-0.2, 0) is 14.4 Å². The van der Waals surface area contributed by atoms with E-state index in [2.05, 4.69) is 15.6 Å². The number of ether oxygens (including phenoxy) is 2. The average Bonchev–Trinajstić information content (AvgIpc) is 3.35. The molecule has 4 rings (SSSR count). The third-order valence-corrected chi connectivity index (χ3v) is 6.41. The number of halogens is 1. The molecule has 33 heavy (non-hydrogen) atoms. The second-order valence-corrected chi connectivity index (χ2v) is 8.87. The first-order chi connectivity index (χ1) is 15.8. The van der Waals surface area contributed by atoms with Gasteiger partial charge in [-0.2, -0.15) is 0 Å². The molecule has 3 aromatic rings. The van der Waals surface area contributed by atoms with Gasteiger partial charge >= 0.3 is 0 Å². The number of nitrogens with zero attached hydrogens (tertiary/aromatic N) is 2. The maximum absolute atomic E-state index is 12.9. The number of fused-ring (bicyclic) bond motifs is 1. The highest BCUT2D eigenvalue weighted by Gasteiger charge is 2.37. The Bertz CT molecular complexity index is 1260. The molecule has 11 heteroatoms. The molecule has 1 atom stereocenters. The van der Waals surface area contributed by atoms with Gasteiger partial charge in [0.2, 0.25) is 17.7 Å². The number of anilines is 3. The number of benzene rings is 2. The SMILES string of the molecule is COc1cc(OC)c(N2C[C@H](C(=O)Nc3nc4ccc(NC(C)=O)cc4s3)CC2=O)cc1Cl. The van der Waals surface area contributed by atoms with Crippen LogP contribution in [0.15, 0.2) is 30.3 Å².